The summed E-state index contributed by atoms with van der Waals surface area (Å²) in [4.78, 5) is 0. The third-order valence-corrected chi connectivity index (χ3v) is 5.38. The standard InChI is InChI=1S/C28H22F5NO2/c1-2-35-23-12-14-24(15-13-23)36-26-16-7-20(28(31,32)33)17-25(26)34-27(18-3-8-21(29)9-4-18)19-5-10-22(30)11-6-19/h3-17,27,34H,2H2,1H3. The lowest BCUT2D eigenvalue weighted by atomic mass is 9.98. The highest BCUT2D eigenvalue weighted by atomic mass is 19.4. The van der Waals surface area contributed by atoms with Crippen LogP contribution in [0.5, 0.6) is 17.2 Å². The van der Waals surface area contributed by atoms with Crippen molar-refractivity contribution in [3.63, 3.8) is 0 Å². The number of ether oxygens (including phenoxy) is 2. The van der Waals surface area contributed by atoms with E-state index in [4.69, 9.17) is 9.47 Å². The second-order valence-corrected chi connectivity index (χ2v) is 7.90. The minimum atomic E-state index is -4.59. The first kappa shape index (κ1) is 25.0. The average Bonchev–Trinajstić information content (AvgIpc) is 2.85. The number of benzene rings is 4. The van der Waals surface area contributed by atoms with Crippen molar-refractivity contribution < 1.29 is 31.4 Å². The molecule has 0 aliphatic rings. The van der Waals surface area contributed by atoms with E-state index >= 15 is 0 Å². The molecule has 36 heavy (non-hydrogen) atoms. The Kier molecular flexibility index (Phi) is 7.43. The second kappa shape index (κ2) is 10.7. The minimum Gasteiger partial charge on any atom is -0.494 e. The van der Waals surface area contributed by atoms with Gasteiger partial charge in [0.05, 0.1) is 23.9 Å². The van der Waals surface area contributed by atoms with Crippen LogP contribution in [0.4, 0.5) is 27.6 Å². The molecule has 0 heterocycles. The van der Waals surface area contributed by atoms with Gasteiger partial charge in [0.25, 0.3) is 0 Å². The molecular weight excluding hydrogens is 477 g/mol. The van der Waals surface area contributed by atoms with Gasteiger partial charge >= 0.3 is 6.18 Å². The van der Waals surface area contributed by atoms with Crippen molar-refractivity contribution in [1.82, 2.24) is 0 Å². The molecule has 4 rings (SSSR count). The van der Waals surface area contributed by atoms with Crippen LogP contribution in [0.25, 0.3) is 0 Å². The van der Waals surface area contributed by atoms with Gasteiger partial charge in [-0.3, -0.25) is 0 Å². The zero-order valence-electron chi connectivity index (χ0n) is 19.2. The third-order valence-electron chi connectivity index (χ3n) is 5.38. The Morgan fingerprint density at radius 2 is 1.25 bits per heavy atom. The molecule has 4 aromatic carbocycles. The smallest absolute Gasteiger partial charge is 0.416 e. The van der Waals surface area contributed by atoms with Crippen molar-refractivity contribution in [2.24, 2.45) is 0 Å². The first-order valence-corrected chi connectivity index (χ1v) is 11.1. The number of alkyl halides is 3. The highest BCUT2D eigenvalue weighted by Gasteiger charge is 2.31. The van der Waals surface area contributed by atoms with Crippen LogP contribution in [0.3, 0.4) is 0 Å². The lowest BCUT2D eigenvalue weighted by molar-refractivity contribution is -0.137. The number of halogens is 5. The molecule has 0 aliphatic heterocycles. The summed E-state index contributed by atoms with van der Waals surface area (Å²) in [5, 5.41) is 3.09. The van der Waals surface area contributed by atoms with Gasteiger partial charge in [-0.15, -0.1) is 0 Å². The molecule has 0 fully saturated rings. The Balaban J connectivity index is 1.74. The van der Waals surface area contributed by atoms with E-state index in [9.17, 15) is 22.0 Å². The van der Waals surface area contributed by atoms with E-state index in [2.05, 4.69) is 5.32 Å². The Hall–Kier alpha value is -4.07. The molecule has 0 radical (unpaired) electrons. The van der Waals surface area contributed by atoms with Gasteiger partial charge in [0.1, 0.15) is 23.1 Å². The van der Waals surface area contributed by atoms with Gasteiger partial charge in [-0.05, 0) is 84.8 Å². The molecule has 0 unspecified atom stereocenters. The van der Waals surface area contributed by atoms with E-state index in [0.29, 0.717) is 29.2 Å². The zero-order chi connectivity index (χ0) is 25.7. The maximum atomic E-state index is 13.6. The predicted octanol–water partition coefficient (Wildman–Crippen LogP) is 8.38. The van der Waals surface area contributed by atoms with Gasteiger partial charge in [0, 0.05) is 0 Å². The number of nitrogens with one attached hydrogen (secondary N) is 1. The van der Waals surface area contributed by atoms with Gasteiger partial charge in [-0.25, -0.2) is 8.78 Å². The van der Waals surface area contributed by atoms with Gasteiger partial charge in [-0.2, -0.15) is 13.2 Å². The molecule has 186 valence electrons. The first-order chi connectivity index (χ1) is 17.2. The predicted molar refractivity (Wildman–Crippen MR) is 127 cm³/mol. The largest absolute Gasteiger partial charge is 0.494 e. The number of hydrogen-bond acceptors (Lipinski definition) is 3. The highest BCUT2D eigenvalue weighted by molar-refractivity contribution is 5.62. The molecule has 4 aromatic rings. The lowest BCUT2D eigenvalue weighted by Crippen LogP contribution is -2.14. The van der Waals surface area contributed by atoms with E-state index in [1.165, 1.54) is 54.6 Å². The van der Waals surface area contributed by atoms with E-state index in [0.717, 1.165) is 12.1 Å². The Labute approximate surface area is 205 Å². The molecule has 0 amide bonds. The first-order valence-electron chi connectivity index (χ1n) is 11.1. The summed E-state index contributed by atoms with van der Waals surface area (Å²) in [5.74, 6) is 0.233. The lowest BCUT2D eigenvalue weighted by Gasteiger charge is -2.24. The van der Waals surface area contributed by atoms with Crippen LogP contribution in [0.1, 0.15) is 29.7 Å². The molecule has 0 saturated heterocycles. The number of rotatable bonds is 8. The number of anilines is 1. The minimum absolute atomic E-state index is 0.0531. The van der Waals surface area contributed by atoms with Crippen LogP contribution in [-0.2, 0) is 6.18 Å². The molecule has 0 aromatic heterocycles. The molecule has 8 heteroatoms. The maximum absolute atomic E-state index is 13.6. The van der Waals surface area contributed by atoms with Crippen molar-refractivity contribution in [3.8, 4) is 17.2 Å². The SMILES string of the molecule is CCOc1ccc(Oc2ccc(C(F)(F)F)cc2NC(c2ccc(F)cc2)c2ccc(F)cc2)cc1. The van der Waals surface area contributed by atoms with Crippen LogP contribution in [0.2, 0.25) is 0 Å². The zero-order valence-corrected chi connectivity index (χ0v) is 19.2. The van der Waals surface area contributed by atoms with Crippen LogP contribution >= 0.6 is 0 Å². The summed E-state index contributed by atoms with van der Waals surface area (Å²) < 4.78 is 79.1. The maximum Gasteiger partial charge on any atom is 0.416 e. The van der Waals surface area contributed by atoms with Gasteiger partial charge < -0.3 is 14.8 Å². The molecule has 1 N–H and O–H groups in total. The van der Waals surface area contributed by atoms with Crippen LogP contribution in [-0.4, -0.2) is 6.61 Å². The van der Waals surface area contributed by atoms with Gasteiger partial charge in [-0.1, -0.05) is 24.3 Å². The quantitative estimate of drug-likeness (QED) is 0.247. The van der Waals surface area contributed by atoms with E-state index in [-0.39, 0.29) is 11.4 Å². The van der Waals surface area contributed by atoms with Crippen molar-refractivity contribution in [3.05, 3.63) is 119 Å². The molecule has 0 atom stereocenters. The topological polar surface area (TPSA) is 30.5 Å². The van der Waals surface area contributed by atoms with Gasteiger partial charge in [0.15, 0.2) is 5.75 Å². The summed E-state index contributed by atoms with van der Waals surface area (Å²) in [6.07, 6.45) is -4.59. The Morgan fingerprint density at radius 1 is 0.722 bits per heavy atom. The summed E-state index contributed by atoms with van der Waals surface area (Å²) in [5.41, 5.74) is 0.304. The molecular formula is C28H22F5NO2. The summed E-state index contributed by atoms with van der Waals surface area (Å²) in [6.45, 7) is 2.34. The van der Waals surface area contributed by atoms with E-state index in [1.807, 2.05) is 6.92 Å². The molecule has 0 bridgehead atoms. The van der Waals surface area contributed by atoms with Gasteiger partial charge in [0.2, 0.25) is 0 Å². The van der Waals surface area contributed by atoms with Crippen molar-refractivity contribution in [1.29, 1.82) is 0 Å². The van der Waals surface area contributed by atoms with Crippen LogP contribution in [0.15, 0.2) is 91.0 Å². The summed E-state index contributed by atoms with van der Waals surface area (Å²) in [7, 11) is 0. The third kappa shape index (κ3) is 6.13. The fraction of sp³-hybridized carbons (Fsp3) is 0.143. The fourth-order valence-corrected chi connectivity index (χ4v) is 3.63. The Morgan fingerprint density at radius 3 is 1.75 bits per heavy atom. The second-order valence-electron chi connectivity index (χ2n) is 7.90. The monoisotopic (exact) mass is 499 g/mol. The molecule has 0 aliphatic carbocycles. The van der Waals surface area contributed by atoms with Crippen molar-refractivity contribution in [2.75, 3.05) is 11.9 Å². The summed E-state index contributed by atoms with van der Waals surface area (Å²) >= 11 is 0. The van der Waals surface area contributed by atoms with Crippen molar-refractivity contribution in [2.45, 2.75) is 19.1 Å². The normalized spacial score (nSPS) is 11.4. The summed E-state index contributed by atoms with van der Waals surface area (Å²) in [6, 6.07) is 20.1. The Bertz CT molecular complexity index is 1240. The molecule has 0 spiro atoms. The highest BCUT2D eigenvalue weighted by Crippen LogP contribution is 2.39. The van der Waals surface area contributed by atoms with Crippen molar-refractivity contribution >= 4 is 5.69 Å². The average molecular weight is 499 g/mol. The van der Waals surface area contributed by atoms with Crippen LogP contribution < -0.4 is 14.8 Å². The molecule has 0 saturated carbocycles. The van der Waals surface area contributed by atoms with Crippen LogP contribution in [0, 0.1) is 11.6 Å². The number of hydrogen-bond donors (Lipinski definition) is 1. The van der Waals surface area contributed by atoms with E-state index < -0.39 is 29.4 Å². The fourth-order valence-electron chi connectivity index (χ4n) is 3.63. The van der Waals surface area contributed by atoms with E-state index in [1.54, 1.807) is 24.3 Å². The molecule has 3 nitrogen and oxygen atoms in total.